The Morgan fingerprint density at radius 2 is 1.80 bits per heavy atom. The molecule has 0 bridgehead atoms. The highest BCUT2D eigenvalue weighted by atomic mass is 16.5. The molecule has 0 amide bonds. The monoisotopic (exact) mass is 281 g/mol. The highest BCUT2D eigenvalue weighted by Crippen LogP contribution is 2.11. The Balaban J connectivity index is 0.000000621. The third kappa shape index (κ3) is 9.78. The van der Waals surface area contributed by atoms with Crippen LogP contribution in [0.4, 0.5) is 5.69 Å². The molecule has 0 aliphatic rings. The molecule has 1 rings (SSSR count). The second-order valence-electron chi connectivity index (χ2n) is 4.74. The molecule has 0 saturated heterocycles. The summed E-state index contributed by atoms with van der Waals surface area (Å²) in [7, 11) is 1.70. The van der Waals surface area contributed by atoms with E-state index in [0.29, 0.717) is 12.6 Å². The summed E-state index contributed by atoms with van der Waals surface area (Å²) >= 11 is 0. The summed E-state index contributed by atoms with van der Waals surface area (Å²) in [4.78, 5) is 2.35. The lowest BCUT2D eigenvalue weighted by atomic mass is 10.3. The molecule has 0 aliphatic heterocycles. The van der Waals surface area contributed by atoms with Crippen LogP contribution in [0.2, 0.25) is 0 Å². The van der Waals surface area contributed by atoms with Crippen molar-refractivity contribution in [1.29, 1.82) is 0 Å². The smallest absolute Gasteiger partial charge is 0.0515 e. The summed E-state index contributed by atoms with van der Waals surface area (Å²) in [5.41, 5.74) is 6.70. The molecule has 20 heavy (non-hydrogen) atoms. The van der Waals surface area contributed by atoms with Crippen LogP contribution in [0.15, 0.2) is 30.3 Å². The molecule has 0 aliphatic carbocycles. The molecule has 0 radical (unpaired) electrons. The van der Waals surface area contributed by atoms with E-state index in [1.807, 2.05) is 19.9 Å². The van der Waals surface area contributed by atoms with Crippen LogP contribution in [-0.2, 0) is 4.74 Å². The Hall–Kier alpha value is -1.10. The molecule has 3 N–H and O–H groups in total. The maximum Gasteiger partial charge on any atom is 0.0515 e. The van der Waals surface area contributed by atoms with E-state index in [2.05, 4.69) is 41.4 Å². The predicted octanol–water partition coefficient (Wildman–Crippen LogP) is 2.10. The summed E-state index contributed by atoms with van der Waals surface area (Å²) in [5, 5.41) is 3.30. The van der Waals surface area contributed by atoms with Gasteiger partial charge < -0.3 is 20.7 Å². The highest BCUT2D eigenvalue weighted by molar-refractivity contribution is 5.45. The van der Waals surface area contributed by atoms with Crippen LogP contribution in [0.1, 0.15) is 20.8 Å². The maximum atomic E-state index is 5.41. The molecule has 0 saturated carbocycles. The largest absolute Gasteiger partial charge is 0.382 e. The van der Waals surface area contributed by atoms with Crippen molar-refractivity contribution in [3.05, 3.63) is 30.3 Å². The summed E-state index contributed by atoms with van der Waals surface area (Å²) in [5.74, 6) is 0. The SMILES string of the molecule is CCN(CCNCCN)c1ccccc1.COC(C)C. The molecule has 0 spiro atoms. The number of hydrogen-bond donors (Lipinski definition) is 2. The van der Waals surface area contributed by atoms with E-state index in [9.17, 15) is 0 Å². The van der Waals surface area contributed by atoms with Gasteiger partial charge in [0.2, 0.25) is 0 Å². The molecule has 0 heterocycles. The first kappa shape index (κ1) is 18.9. The van der Waals surface area contributed by atoms with Gasteiger partial charge in [-0.15, -0.1) is 0 Å². The molecule has 0 atom stereocenters. The van der Waals surface area contributed by atoms with Gasteiger partial charge in [-0.25, -0.2) is 0 Å². The van der Waals surface area contributed by atoms with Gasteiger partial charge in [0.15, 0.2) is 0 Å². The van der Waals surface area contributed by atoms with Crippen molar-refractivity contribution in [2.75, 3.05) is 44.7 Å². The number of nitrogens with two attached hydrogens (primary N) is 1. The Kier molecular flexibility index (Phi) is 12.2. The van der Waals surface area contributed by atoms with Crippen molar-refractivity contribution >= 4 is 5.69 Å². The standard InChI is InChI=1S/C12H21N3.C4H10O/c1-2-15(11-10-14-9-8-13)12-6-4-3-5-7-12;1-4(2)5-3/h3-7,14H,2,8-11,13H2,1H3;4H,1-3H3. The number of anilines is 1. The van der Waals surface area contributed by atoms with Crippen molar-refractivity contribution in [1.82, 2.24) is 5.32 Å². The molecular weight excluding hydrogens is 250 g/mol. The molecule has 0 fully saturated rings. The number of hydrogen-bond acceptors (Lipinski definition) is 4. The van der Waals surface area contributed by atoms with Crippen LogP contribution in [0.3, 0.4) is 0 Å². The van der Waals surface area contributed by atoms with Crippen molar-refractivity contribution in [3.8, 4) is 0 Å². The van der Waals surface area contributed by atoms with E-state index >= 15 is 0 Å². The molecule has 1 aromatic rings. The number of para-hydroxylation sites is 1. The molecule has 0 unspecified atom stereocenters. The van der Waals surface area contributed by atoms with Gasteiger partial charge in [-0.2, -0.15) is 0 Å². The Bertz CT molecular complexity index is 304. The lowest BCUT2D eigenvalue weighted by molar-refractivity contribution is 0.134. The molecule has 0 aromatic heterocycles. The Morgan fingerprint density at radius 1 is 1.20 bits per heavy atom. The zero-order chi connectivity index (χ0) is 15.2. The lowest BCUT2D eigenvalue weighted by Crippen LogP contribution is -2.34. The number of benzene rings is 1. The fourth-order valence-electron chi connectivity index (χ4n) is 1.55. The maximum absolute atomic E-state index is 5.41. The topological polar surface area (TPSA) is 50.5 Å². The predicted molar refractivity (Wildman–Crippen MR) is 88.4 cm³/mol. The quantitative estimate of drug-likeness (QED) is 0.717. The van der Waals surface area contributed by atoms with E-state index in [0.717, 1.165) is 26.2 Å². The summed E-state index contributed by atoms with van der Waals surface area (Å²) < 4.78 is 4.75. The van der Waals surface area contributed by atoms with Crippen LogP contribution in [0, 0.1) is 0 Å². The van der Waals surface area contributed by atoms with Crippen LogP contribution in [-0.4, -0.2) is 45.9 Å². The number of rotatable bonds is 8. The minimum Gasteiger partial charge on any atom is -0.382 e. The van der Waals surface area contributed by atoms with Gasteiger partial charge in [0.1, 0.15) is 0 Å². The third-order valence-corrected chi connectivity index (χ3v) is 2.85. The average molecular weight is 281 g/mol. The van der Waals surface area contributed by atoms with Crippen molar-refractivity contribution in [3.63, 3.8) is 0 Å². The molecule has 116 valence electrons. The molecule has 4 heteroatoms. The number of nitrogens with one attached hydrogen (secondary N) is 1. The van der Waals surface area contributed by atoms with Crippen molar-refractivity contribution in [2.24, 2.45) is 5.73 Å². The third-order valence-electron chi connectivity index (χ3n) is 2.85. The first-order chi connectivity index (χ1) is 9.65. The van der Waals surface area contributed by atoms with Gasteiger partial charge >= 0.3 is 0 Å². The molecular formula is C16H31N3O. The van der Waals surface area contributed by atoms with Crippen LogP contribution < -0.4 is 16.0 Å². The van der Waals surface area contributed by atoms with E-state index in [1.165, 1.54) is 5.69 Å². The number of nitrogens with zero attached hydrogens (tertiary/aromatic N) is 1. The number of ether oxygens (including phenoxy) is 1. The fourth-order valence-corrected chi connectivity index (χ4v) is 1.55. The van der Waals surface area contributed by atoms with E-state index in [1.54, 1.807) is 7.11 Å². The first-order valence-corrected chi connectivity index (χ1v) is 7.39. The van der Waals surface area contributed by atoms with Gasteiger partial charge in [0, 0.05) is 45.5 Å². The highest BCUT2D eigenvalue weighted by Gasteiger charge is 2.01. The first-order valence-electron chi connectivity index (χ1n) is 7.39. The van der Waals surface area contributed by atoms with E-state index in [4.69, 9.17) is 10.5 Å². The lowest BCUT2D eigenvalue weighted by Gasteiger charge is -2.23. The zero-order valence-electron chi connectivity index (χ0n) is 13.4. The zero-order valence-corrected chi connectivity index (χ0v) is 13.4. The summed E-state index contributed by atoms with van der Waals surface area (Å²) in [6.45, 7) is 10.8. The van der Waals surface area contributed by atoms with Crippen molar-refractivity contribution < 1.29 is 4.74 Å². The Labute approximate surface area is 124 Å². The van der Waals surface area contributed by atoms with Gasteiger partial charge in [0.05, 0.1) is 6.10 Å². The van der Waals surface area contributed by atoms with Crippen LogP contribution in [0.5, 0.6) is 0 Å². The van der Waals surface area contributed by atoms with E-state index in [-0.39, 0.29) is 0 Å². The van der Waals surface area contributed by atoms with Crippen LogP contribution >= 0.6 is 0 Å². The molecule has 4 nitrogen and oxygen atoms in total. The minimum atomic E-state index is 0.384. The van der Waals surface area contributed by atoms with Gasteiger partial charge in [-0.05, 0) is 32.9 Å². The fraction of sp³-hybridized carbons (Fsp3) is 0.625. The van der Waals surface area contributed by atoms with Gasteiger partial charge in [-0.3, -0.25) is 0 Å². The normalized spacial score (nSPS) is 10.1. The van der Waals surface area contributed by atoms with Gasteiger partial charge in [-0.1, -0.05) is 18.2 Å². The van der Waals surface area contributed by atoms with Gasteiger partial charge in [0.25, 0.3) is 0 Å². The number of methoxy groups -OCH3 is 1. The van der Waals surface area contributed by atoms with E-state index < -0.39 is 0 Å². The van der Waals surface area contributed by atoms with Crippen LogP contribution in [0.25, 0.3) is 0 Å². The second-order valence-corrected chi connectivity index (χ2v) is 4.74. The summed E-state index contributed by atoms with van der Waals surface area (Å²) in [6.07, 6.45) is 0.384. The summed E-state index contributed by atoms with van der Waals surface area (Å²) in [6, 6.07) is 10.5. The second kappa shape index (κ2) is 12.9. The molecule has 1 aromatic carbocycles. The minimum absolute atomic E-state index is 0.384. The number of likely N-dealkylation sites (N-methyl/N-ethyl adjacent to an activating group) is 1. The Morgan fingerprint density at radius 3 is 2.25 bits per heavy atom. The average Bonchev–Trinajstić information content (AvgIpc) is 2.49. The van der Waals surface area contributed by atoms with Crippen molar-refractivity contribution in [2.45, 2.75) is 26.9 Å².